The number of nitrogens with zero attached hydrogens (tertiary/aromatic N) is 1. The lowest BCUT2D eigenvalue weighted by molar-refractivity contribution is 0.256. The van der Waals surface area contributed by atoms with Gasteiger partial charge in [-0.1, -0.05) is 18.5 Å². The third-order valence-electron chi connectivity index (χ3n) is 3.58. The van der Waals surface area contributed by atoms with Crippen molar-refractivity contribution in [1.82, 2.24) is 4.31 Å². The van der Waals surface area contributed by atoms with Crippen molar-refractivity contribution in [2.75, 3.05) is 7.05 Å². The highest BCUT2D eigenvalue weighted by molar-refractivity contribution is 7.89. The van der Waals surface area contributed by atoms with E-state index in [1.807, 2.05) is 6.92 Å². The summed E-state index contributed by atoms with van der Waals surface area (Å²) in [6.07, 6.45) is 0.591. The maximum absolute atomic E-state index is 14.3. The highest BCUT2D eigenvalue weighted by Crippen LogP contribution is 2.30. The van der Waals surface area contributed by atoms with Gasteiger partial charge in [-0.05, 0) is 32.4 Å². The first-order chi connectivity index (χ1) is 9.07. The second-order valence-electron chi connectivity index (χ2n) is 5.15. The number of sulfonamides is 1. The van der Waals surface area contributed by atoms with E-state index in [1.54, 1.807) is 13.8 Å². The third-order valence-corrected chi connectivity index (χ3v) is 6.15. The number of alkyl halides is 1. The van der Waals surface area contributed by atoms with Gasteiger partial charge >= 0.3 is 0 Å². The molecule has 0 radical (unpaired) electrons. The van der Waals surface area contributed by atoms with Gasteiger partial charge in [0.2, 0.25) is 10.0 Å². The molecule has 0 spiro atoms. The summed E-state index contributed by atoms with van der Waals surface area (Å²) in [7, 11) is -2.55. The predicted octanol–water partition coefficient (Wildman–Crippen LogP) is 4.03. The zero-order valence-electron chi connectivity index (χ0n) is 11.9. The van der Waals surface area contributed by atoms with E-state index < -0.39 is 26.3 Å². The zero-order chi connectivity index (χ0) is 15.7. The van der Waals surface area contributed by atoms with Crippen LogP contribution in [0.2, 0.25) is 5.02 Å². The molecular weight excluding hydrogens is 324 g/mol. The van der Waals surface area contributed by atoms with Crippen LogP contribution in [-0.2, 0) is 15.9 Å². The van der Waals surface area contributed by atoms with Crippen molar-refractivity contribution in [1.29, 1.82) is 0 Å². The zero-order valence-corrected chi connectivity index (χ0v) is 14.2. The Morgan fingerprint density at radius 3 is 2.35 bits per heavy atom. The van der Waals surface area contributed by atoms with E-state index in [1.165, 1.54) is 13.1 Å². The van der Waals surface area contributed by atoms with Crippen LogP contribution in [0.15, 0.2) is 17.0 Å². The molecule has 0 amide bonds. The van der Waals surface area contributed by atoms with Crippen LogP contribution in [0, 0.1) is 5.82 Å². The fraction of sp³-hybridized carbons (Fsp3) is 0.538. The van der Waals surface area contributed by atoms with Gasteiger partial charge in [-0.25, -0.2) is 12.8 Å². The highest BCUT2D eigenvalue weighted by Gasteiger charge is 2.35. The molecule has 0 heterocycles. The minimum atomic E-state index is -3.98. The van der Waals surface area contributed by atoms with E-state index >= 15 is 0 Å². The first-order valence-corrected chi connectivity index (χ1v) is 8.46. The first-order valence-electron chi connectivity index (χ1n) is 6.10. The normalized spacial score (nSPS) is 13.0. The Morgan fingerprint density at radius 2 is 1.90 bits per heavy atom. The molecule has 0 fully saturated rings. The Morgan fingerprint density at radius 1 is 1.35 bits per heavy atom. The molecule has 0 saturated heterocycles. The van der Waals surface area contributed by atoms with Crippen LogP contribution < -0.4 is 0 Å². The van der Waals surface area contributed by atoms with Gasteiger partial charge in [0.05, 0.1) is 5.88 Å². The van der Waals surface area contributed by atoms with Crippen LogP contribution in [0.1, 0.15) is 32.8 Å². The summed E-state index contributed by atoms with van der Waals surface area (Å²) in [6.45, 7) is 5.41. The molecular formula is C13H18Cl2FNO2S. The Balaban J connectivity index is 3.48. The van der Waals surface area contributed by atoms with Gasteiger partial charge in [-0.3, -0.25) is 0 Å². The summed E-state index contributed by atoms with van der Waals surface area (Å²) in [4.78, 5) is -0.440. The number of benzene rings is 1. The predicted molar refractivity (Wildman–Crippen MR) is 80.3 cm³/mol. The Bertz CT molecular complexity index is 603. The lowest BCUT2D eigenvalue weighted by atomic mass is 10.0. The lowest BCUT2D eigenvalue weighted by Gasteiger charge is -2.33. The van der Waals surface area contributed by atoms with Crippen LogP contribution in [-0.4, -0.2) is 25.3 Å². The average molecular weight is 342 g/mol. The van der Waals surface area contributed by atoms with Crippen molar-refractivity contribution >= 4 is 33.2 Å². The molecule has 0 N–H and O–H groups in total. The lowest BCUT2D eigenvalue weighted by Crippen LogP contribution is -2.44. The molecule has 1 rings (SSSR count). The molecule has 0 aliphatic heterocycles. The Hall–Kier alpha value is -0.360. The van der Waals surface area contributed by atoms with Gasteiger partial charge in [0, 0.05) is 23.2 Å². The molecule has 7 heteroatoms. The highest BCUT2D eigenvalue weighted by atomic mass is 35.5. The van der Waals surface area contributed by atoms with Crippen LogP contribution in [0.4, 0.5) is 4.39 Å². The van der Waals surface area contributed by atoms with Crippen molar-refractivity contribution < 1.29 is 12.8 Å². The van der Waals surface area contributed by atoms with Crippen molar-refractivity contribution in [3.05, 3.63) is 28.5 Å². The molecule has 3 nitrogen and oxygen atoms in total. The van der Waals surface area contributed by atoms with Crippen LogP contribution in [0.3, 0.4) is 0 Å². The molecule has 0 unspecified atom stereocenters. The third kappa shape index (κ3) is 3.27. The number of rotatable bonds is 5. The van der Waals surface area contributed by atoms with Gasteiger partial charge in [0.1, 0.15) is 10.7 Å². The standard InChI is InChI=1S/C13H18Cl2FNO2S/c1-5-13(2,3)17(4)20(18,19)11-7-10(15)6-9(8-14)12(11)16/h6-7H,5,8H2,1-4H3. The SMILES string of the molecule is CCC(C)(C)N(C)S(=O)(=O)c1cc(Cl)cc(CCl)c1F. The minimum absolute atomic E-state index is 0.0699. The monoisotopic (exact) mass is 341 g/mol. The molecule has 0 atom stereocenters. The van der Waals surface area contributed by atoms with Gasteiger partial charge < -0.3 is 0 Å². The van der Waals surface area contributed by atoms with Crippen LogP contribution in [0.5, 0.6) is 0 Å². The topological polar surface area (TPSA) is 37.4 Å². The maximum atomic E-state index is 14.3. The summed E-state index contributed by atoms with van der Waals surface area (Å²) < 4.78 is 40.5. The fourth-order valence-electron chi connectivity index (χ4n) is 1.60. The minimum Gasteiger partial charge on any atom is -0.207 e. The molecule has 0 aliphatic rings. The largest absolute Gasteiger partial charge is 0.246 e. The second-order valence-corrected chi connectivity index (χ2v) is 7.79. The number of halogens is 3. The van der Waals surface area contributed by atoms with Crippen molar-refractivity contribution in [3.63, 3.8) is 0 Å². The van der Waals surface area contributed by atoms with Crippen molar-refractivity contribution in [2.24, 2.45) is 0 Å². The number of hydrogen-bond donors (Lipinski definition) is 0. The van der Waals surface area contributed by atoms with E-state index in [-0.39, 0.29) is 16.5 Å². The first kappa shape index (κ1) is 17.7. The van der Waals surface area contributed by atoms with Gasteiger partial charge in [-0.2, -0.15) is 4.31 Å². The quantitative estimate of drug-likeness (QED) is 0.758. The molecule has 114 valence electrons. The smallest absolute Gasteiger partial charge is 0.207 e. The van der Waals surface area contributed by atoms with Gasteiger partial charge in [-0.15, -0.1) is 11.6 Å². The van der Waals surface area contributed by atoms with Gasteiger partial charge in [0.25, 0.3) is 0 Å². The summed E-state index contributed by atoms with van der Waals surface area (Å²) in [5, 5.41) is 0.142. The summed E-state index contributed by atoms with van der Waals surface area (Å²) in [5.41, 5.74) is -0.560. The van der Waals surface area contributed by atoms with E-state index in [9.17, 15) is 12.8 Å². The van der Waals surface area contributed by atoms with Crippen LogP contribution >= 0.6 is 23.2 Å². The Kier molecular flexibility index (Phi) is 5.46. The van der Waals surface area contributed by atoms with E-state index in [2.05, 4.69) is 0 Å². The molecule has 1 aromatic carbocycles. The second kappa shape index (κ2) is 6.18. The molecule has 20 heavy (non-hydrogen) atoms. The van der Waals surface area contributed by atoms with Gasteiger partial charge in [0.15, 0.2) is 0 Å². The van der Waals surface area contributed by atoms with E-state index in [0.717, 1.165) is 10.4 Å². The average Bonchev–Trinajstić information content (AvgIpc) is 2.39. The molecule has 0 saturated carbocycles. The van der Waals surface area contributed by atoms with Crippen LogP contribution in [0.25, 0.3) is 0 Å². The van der Waals surface area contributed by atoms with Crippen molar-refractivity contribution in [2.45, 2.75) is 43.5 Å². The van der Waals surface area contributed by atoms with Crippen molar-refractivity contribution in [3.8, 4) is 0 Å². The number of hydrogen-bond acceptors (Lipinski definition) is 2. The molecule has 1 aromatic rings. The summed E-state index contributed by atoms with van der Waals surface area (Å²) in [6, 6.07) is 2.44. The molecule has 0 bridgehead atoms. The van der Waals surface area contributed by atoms with E-state index in [0.29, 0.717) is 6.42 Å². The molecule has 0 aromatic heterocycles. The summed E-state index contributed by atoms with van der Waals surface area (Å²) >= 11 is 11.5. The van der Waals surface area contributed by atoms with E-state index in [4.69, 9.17) is 23.2 Å². The Labute approximate surface area is 129 Å². The summed E-state index contributed by atoms with van der Waals surface area (Å²) in [5.74, 6) is -0.987. The fourth-order valence-corrected chi connectivity index (χ4v) is 3.81. The maximum Gasteiger partial charge on any atom is 0.246 e. The molecule has 0 aliphatic carbocycles.